The summed E-state index contributed by atoms with van der Waals surface area (Å²) in [4.78, 5) is 22.4. The van der Waals surface area contributed by atoms with Crippen LogP contribution in [-0.2, 0) is 6.54 Å². The van der Waals surface area contributed by atoms with Gasteiger partial charge >= 0.3 is 0 Å². The highest BCUT2D eigenvalue weighted by Crippen LogP contribution is 2.41. The molecule has 0 N–H and O–H groups in total. The fourth-order valence-electron chi connectivity index (χ4n) is 4.32. The minimum Gasteiger partial charge on any atom is -0.338 e. The van der Waals surface area contributed by atoms with E-state index in [1.54, 1.807) is 11.3 Å². The summed E-state index contributed by atoms with van der Waals surface area (Å²) in [7, 11) is 0. The van der Waals surface area contributed by atoms with Crippen LogP contribution in [0.5, 0.6) is 0 Å². The molecular formula is C21H27N3OS. The molecule has 0 atom stereocenters. The van der Waals surface area contributed by atoms with Gasteiger partial charge in [-0.25, -0.2) is 0 Å². The molecule has 0 bridgehead atoms. The lowest BCUT2D eigenvalue weighted by atomic mass is 9.71. The van der Waals surface area contributed by atoms with E-state index in [0.717, 1.165) is 50.4 Å². The van der Waals surface area contributed by atoms with Crippen LogP contribution < -0.4 is 0 Å². The lowest BCUT2D eigenvalue weighted by Gasteiger charge is -2.46. The molecule has 138 valence electrons. The Morgan fingerprint density at radius 3 is 2.54 bits per heavy atom. The van der Waals surface area contributed by atoms with Crippen molar-refractivity contribution >= 4 is 17.2 Å². The molecular weight excluding hydrogens is 342 g/mol. The van der Waals surface area contributed by atoms with E-state index in [4.69, 9.17) is 0 Å². The first-order valence-corrected chi connectivity index (χ1v) is 10.5. The molecule has 4 rings (SSSR count). The number of nitrogens with zero attached hydrogens (tertiary/aromatic N) is 3. The third-order valence-corrected chi connectivity index (χ3v) is 7.13. The molecule has 2 aliphatic heterocycles. The highest BCUT2D eigenvalue weighted by Gasteiger charge is 2.38. The van der Waals surface area contributed by atoms with Crippen molar-refractivity contribution in [2.24, 2.45) is 5.41 Å². The molecule has 0 aromatic carbocycles. The van der Waals surface area contributed by atoms with Gasteiger partial charge in [-0.3, -0.25) is 14.7 Å². The van der Waals surface area contributed by atoms with E-state index in [0.29, 0.717) is 5.41 Å². The van der Waals surface area contributed by atoms with E-state index in [1.807, 2.05) is 24.5 Å². The van der Waals surface area contributed by atoms with Crippen LogP contribution in [0.3, 0.4) is 0 Å². The van der Waals surface area contributed by atoms with Gasteiger partial charge in [0.15, 0.2) is 0 Å². The highest BCUT2D eigenvalue weighted by atomic mass is 32.1. The molecule has 1 spiro atoms. The number of aryl methyl sites for hydroxylation is 1. The van der Waals surface area contributed by atoms with E-state index in [9.17, 15) is 4.79 Å². The van der Waals surface area contributed by atoms with Gasteiger partial charge in [-0.05, 0) is 79.8 Å². The predicted octanol–water partition coefficient (Wildman–Crippen LogP) is 3.97. The molecule has 2 saturated heterocycles. The summed E-state index contributed by atoms with van der Waals surface area (Å²) >= 11 is 1.58. The Balaban J connectivity index is 1.29. The van der Waals surface area contributed by atoms with Crippen molar-refractivity contribution in [2.75, 3.05) is 26.2 Å². The first kappa shape index (κ1) is 17.7. The van der Waals surface area contributed by atoms with Crippen molar-refractivity contribution in [3.8, 4) is 0 Å². The minimum atomic E-state index is 0.229. The summed E-state index contributed by atoms with van der Waals surface area (Å²) < 4.78 is 0. The van der Waals surface area contributed by atoms with Gasteiger partial charge in [0.05, 0.1) is 4.88 Å². The van der Waals surface area contributed by atoms with Gasteiger partial charge in [0, 0.05) is 32.0 Å². The molecule has 0 radical (unpaired) electrons. The monoisotopic (exact) mass is 369 g/mol. The molecule has 0 saturated carbocycles. The topological polar surface area (TPSA) is 36.4 Å². The summed E-state index contributed by atoms with van der Waals surface area (Å²) in [6.45, 7) is 7.21. The first-order valence-electron chi connectivity index (χ1n) is 9.59. The molecule has 2 fully saturated rings. The van der Waals surface area contributed by atoms with Crippen molar-refractivity contribution in [3.63, 3.8) is 0 Å². The number of hydrogen-bond donors (Lipinski definition) is 0. The Hall–Kier alpha value is -1.72. The third kappa shape index (κ3) is 3.84. The number of pyridine rings is 1. The third-order valence-electron chi connectivity index (χ3n) is 6.10. The summed E-state index contributed by atoms with van der Waals surface area (Å²) in [5.74, 6) is 0.229. The van der Waals surface area contributed by atoms with Crippen molar-refractivity contribution in [3.05, 3.63) is 52.0 Å². The van der Waals surface area contributed by atoms with Crippen molar-refractivity contribution in [2.45, 2.75) is 39.2 Å². The van der Waals surface area contributed by atoms with Crippen LogP contribution in [0.25, 0.3) is 0 Å². The van der Waals surface area contributed by atoms with Crippen LogP contribution in [0.15, 0.2) is 36.0 Å². The number of hydrogen-bond acceptors (Lipinski definition) is 4. The van der Waals surface area contributed by atoms with Crippen LogP contribution in [-0.4, -0.2) is 46.9 Å². The van der Waals surface area contributed by atoms with E-state index in [-0.39, 0.29) is 5.91 Å². The van der Waals surface area contributed by atoms with Gasteiger partial charge in [-0.15, -0.1) is 11.3 Å². The van der Waals surface area contributed by atoms with Crippen LogP contribution in [0.1, 0.15) is 46.5 Å². The Bertz CT molecular complexity index is 740. The van der Waals surface area contributed by atoms with Crippen LogP contribution >= 0.6 is 11.3 Å². The van der Waals surface area contributed by atoms with Crippen LogP contribution in [0, 0.1) is 12.3 Å². The second kappa shape index (κ2) is 7.49. The molecule has 5 heteroatoms. The normalized spacial score (nSPS) is 20.4. The number of rotatable bonds is 3. The number of aromatic nitrogens is 1. The van der Waals surface area contributed by atoms with Gasteiger partial charge in [-0.2, -0.15) is 0 Å². The van der Waals surface area contributed by atoms with Gasteiger partial charge in [-0.1, -0.05) is 6.07 Å². The maximum atomic E-state index is 12.7. The average molecular weight is 370 g/mol. The van der Waals surface area contributed by atoms with Crippen molar-refractivity contribution in [1.82, 2.24) is 14.8 Å². The van der Waals surface area contributed by atoms with Gasteiger partial charge in [0.25, 0.3) is 5.91 Å². The molecule has 2 aliphatic rings. The SMILES string of the molecule is Cc1csc(C(=O)N2CCC3(CCN(Cc4cccnc4)CC3)CC2)c1. The molecule has 2 aromatic rings. The Labute approximate surface area is 159 Å². The zero-order valence-corrected chi connectivity index (χ0v) is 16.3. The van der Waals surface area contributed by atoms with Crippen LogP contribution in [0.2, 0.25) is 0 Å². The Kier molecular flexibility index (Phi) is 5.09. The maximum absolute atomic E-state index is 12.7. The molecule has 1 amide bonds. The number of piperidine rings is 2. The summed E-state index contributed by atoms with van der Waals surface area (Å²) in [6.07, 6.45) is 8.64. The molecule has 2 aromatic heterocycles. The zero-order chi connectivity index (χ0) is 18.0. The lowest BCUT2D eigenvalue weighted by molar-refractivity contribution is 0.0287. The van der Waals surface area contributed by atoms with E-state index >= 15 is 0 Å². The average Bonchev–Trinajstić information content (AvgIpc) is 3.11. The molecule has 4 nitrogen and oxygen atoms in total. The maximum Gasteiger partial charge on any atom is 0.263 e. The first-order chi connectivity index (χ1) is 12.6. The number of thiophene rings is 1. The number of carbonyl (C=O) groups excluding carboxylic acids is 1. The molecule has 0 unspecified atom stereocenters. The second-order valence-corrected chi connectivity index (χ2v) is 8.83. The lowest BCUT2D eigenvalue weighted by Crippen LogP contribution is -2.48. The molecule has 26 heavy (non-hydrogen) atoms. The van der Waals surface area contributed by atoms with Crippen molar-refractivity contribution in [1.29, 1.82) is 0 Å². The predicted molar refractivity (Wildman–Crippen MR) is 105 cm³/mol. The number of amides is 1. The van der Waals surface area contributed by atoms with E-state index in [2.05, 4.69) is 33.2 Å². The standard InChI is InChI=1S/C21H27N3OS/c1-17-13-19(26-16-17)20(25)24-11-6-21(7-12-24)4-9-23(10-5-21)15-18-3-2-8-22-14-18/h2-3,8,13-14,16H,4-7,9-12,15H2,1H3. The van der Waals surface area contributed by atoms with Gasteiger partial charge < -0.3 is 4.90 Å². The Morgan fingerprint density at radius 2 is 1.92 bits per heavy atom. The smallest absolute Gasteiger partial charge is 0.263 e. The Morgan fingerprint density at radius 1 is 1.19 bits per heavy atom. The molecule has 0 aliphatic carbocycles. The van der Waals surface area contributed by atoms with E-state index < -0.39 is 0 Å². The zero-order valence-electron chi connectivity index (χ0n) is 15.5. The fourth-order valence-corrected chi connectivity index (χ4v) is 5.18. The second-order valence-electron chi connectivity index (χ2n) is 7.92. The van der Waals surface area contributed by atoms with Crippen LogP contribution in [0.4, 0.5) is 0 Å². The number of carbonyl (C=O) groups is 1. The van der Waals surface area contributed by atoms with Gasteiger partial charge in [0.1, 0.15) is 0 Å². The summed E-state index contributed by atoms with van der Waals surface area (Å²) in [5.41, 5.74) is 2.94. The summed E-state index contributed by atoms with van der Waals surface area (Å²) in [5, 5.41) is 2.07. The number of likely N-dealkylation sites (tertiary alicyclic amines) is 2. The largest absolute Gasteiger partial charge is 0.338 e. The van der Waals surface area contributed by atoms with Gasteiger partial charge in [0.2, 0.25) is 0 Å². The highest BCUT2D eigenvalue weighted by molar-refractivity contribution is 7.12. The van der Waals surface area contributed by atoms with E-state index in [1.165, 1.54) is 24.0 Å². The fraction of sp³-hybridized carbons (Fsp3) is 0.524. The quantitative estimate of drug-likeness (QED) is 0.821. The summed E-state index contributed by atoms with van der Waals surface area (Å²) in [6, 6.07) is 6.20. The minimum absolute atomic E-state index is 0.229. The van der Waals surface area contributed by atoms with Crippen molar-refractivity contribution < 1.29 is 4.79 Å². The molecule has 4 heterocycles.